The molecule has 11 aromatic carbocycles. The molecule has 2 heterocycles. The summed E-state index contributed by atoms with van der Waals surface area (Å²) in [5.74, 6) is 2.36. The normalized spacial score (nSPS) is 14.3. The van der Waals surface area contributed by atoms with Crippen LogP contribution in [0.15, 0.2) is 301 Å². The molecule has 1 atom stereocenters. The third kappa shape index (κ3) is 7.95. The second-order valence-corrected chi connectivity index (χ2v) is 20.0. The molecule has 1 aliphatic heterocycles. The van der Waals surface area contributed by atoms with Crippen molar-refractivity contribution in [1.29, 1.82) is 0 Å². The number of nitrogens with zero attached hydrogens (tertiary/aromatic N) is 4. The molecule has 1 aromatic heterocycles. The van der Waals surface area contributed by atoms with E-state index in [1.807, 2.05) is 36.4 Å². The van der Waals surface area contributed by atoms with Crippen LogP contribution in [0.2, 0.25) is 0 Å². The van der Waals surface area contributed by atoms with Crippen LogP contribution in [0.25, 0.3) is 55.2 Å². The number of benzene rings is 11. The first kappa shape index (κ1) is 46.4. The zero-order chi connectivity index (χ0) is 52.0. The van der Waals surface area contributed by atoms with Gasteiger partial charge in [-0.1, -0.05) is 218 Å². The maximum Gasteiger partial charge on any atom is 0.157 e. The first-order chi connectivity index (χ1) is 38.6. The van der Waals surface area contributed by atoms with Gasteiger partial charge in [-0.05, 0) is 134 Å². The number of fused-ring (bicyclic) bond motifs is 6. The van der Waals surface area contributed by atoms with Gasteiger partial charge in [0.05, 0.1) is 29.6 Å². The topological polar surface area (TPSA) is 42.1 Å². The Labute approximate surface area is 454 Å². The zero-order valence-corrected chi connectivity index (χ0v) is 43.0. The van der Waals surface area contributed by atoms with E-state index in [9.17, 15) is 0 Å². The summed E-state index contributed by atoms with van der Waals surface area (Å²) in [5.41, 5.74) is 19.0. The predicted molar refractivity (Wildman–Crippen MR) is 323 cm³/mol. The van der Waals surface area contributed by atoms with E-state index < -0.39 is 5.41 Å². The van der Waals surface area contributed by atoms with Crippen LogP contribution < -0.4 is 9.64 Å². The number of methoxy groups -OCH3 is 1. The molecule has 0 saturated carbocycles. The lowest BCUT2D eigenvalue weighted by atomic mass is 9.68. The molecule has 78 heavy (non-hydrogen) atoms. The van der Waals surface area contributed by atoms with Crippen LogP contribution in [0.4, 0.5) is 17.1 Å². The molecule has 370 valence electrons. The van der Waals surface area contributed by atoms with E-state index >= 15 is 0 Å². The Morgan fingerprint density at radius 3 is 1.62 bits per heavy atom. The molecule has 0 fully saturated rings. The molecule has 14 rings (SSSR count). The van der Waals surface area contributed by atoms with Crippen LogP contribution in [0.5, 0.6) is 5.75 Å². The van der Waals surface area contributed by atoms with E-state index in [1.54, 1.807) is 7.11 Å². The third-order valence-corrected chi connectivity index (χ3v) is 15.7. The number of allylic oxidation sites excluding steroid dienone is 1. The SMILES string of the molecule is COc1ccc(-c2ccc(N(c3ccc(-c4ccc5c(c4)c4ccccc4n5C4=NC(c5ccccc5)=NC(c5ccccc5)C=C4)cc3)c3ccc4c(c3)-c3ccccc3C4(c3ccccc3)c3ccccc3)cc2)cc1. The number of aromatic nitrogens is 1. The minimum Gasteiger partial charge on any atom is -0.497 e. The summed E-state index contributed by atoms with van der Waals surface area (Å²) in [6.45, 7) is 0. The molecule has 5 heteroatoms. The quantitative estimate of drug-likeness (QED) is 0.137. The lowest BCUT2D eigenvalue weighted by Crippen LogP contribution is -2.28. The highest BCUT2D eigenvalue weighted by molar-refractivity contribution is 6.20. The van der Waals surface area contributed by atoms with Gasteiger partial charge in [0.2, 0.25) is 0 Å². The molecule has 0 spiro atoms. The van der Waals surface area contributed by atoms with Gasteiger partial charge >= 0.3 is 0 Å². The van der Waals surface area contributed by atoms with E-state index in [-0.39, 0.29) is 6.04 Å². The van der Waals surface area contributed by atoms with Crippen molar-refractivity contribution in [3.63, 3.8) is 0 Å². The minimum absolute atomic E-state index is 0.182. The van der Waals surface area contributed by atoms with Gasteiger partial charge in [0.15, 0.2) is 5.84 Å². The molecule has 2 aliphatic rings. The Bertz CT molecular complexity index is 4220. The summed E-state index contributed by atoms with van der Waals surface area (Å²) in [5, 5.41) is 2.32. The minimum atomic E-state index is -0.489. The van der Waals surface area contributed by atoms with Crippen LogP contribution in [0.3, 0.4) is 0 Å². The molecule has 1 aliphatic carbocycles. The number of ether oxygens (including phenoxy) is 1. The van der Waals surface area contributed by atoms with Gasteiger partial charge in [-0.3, -0.25) is 9.56 Å². The van der Waals surface area contributed by atoms with E-state index in [2.05, 4.69) is 264 Å². The van der Waals surface area contributed by atoms with Gasteiger partial charge in [0, 0.05) is 33.4 Å². The van der Waals surface area contributed by atoms with Gasteiger partial charge in [-0.2, -0.15) is 0 Å². The predicted octanol–water partition coefficient (Wildman–Crippen LogP) is 18.0. The zero-order valence-electron chi connectivity index (χ0n) is 43.0. The van der Waals surface area contributed by atoms with Crippen molar-refractivity contribution in [2.24, 2.45) is 9.98 Å². The highest BCUT2D eigenvalue weighted by atomic mass is 16.5. The Balaban J connectivity index is 0.874. The first-order valence-corrected chi connectivity index (χ1v) is 26.6. The van der Waals surface area contributed by atoms with E-state index in [4.69, 9.17) is 14.7 Å². The second kappa shape index (κ2) is 19.6. The molecular weight excluding hydrogens is 949 g/mol. The third-order valence-electron chi connectivity index (χ3n) is 15.7. The van der Waals surface area contributed by atoms with Crippen LogP contribution >= 0.6 is 0 Å². The van der Waals surface area contributed by atoms with Crippen LogP contribution in [-0.2, 0) is 5.41 Å². The number of hydrogen-bond donors (Lipinski definition) is 0. The molecule has 0 bridgehead atoms. The van der Waals surface area contributed by atoms with Gasteiger partial charge in [0.25, 0.3) is 0 Å². The fourth-order valence-electron chi connectivity index (χ4n) is 12.0. The number of amidine groups is 1. The fraction of sp³-hybridized carbons (Fsp3) is 0.0411. The summed E-state index contributed by atoms with van der Waals surface area (Å²) >= 11 is 0. The largest absolute Gasteiger partial charge is 0.497 e. The number of anilines is 3. The van der Waals surface area contributed by atoms with Gasteiger partial charge in [0.1, 0.15) is 11.6 Å². The summed E-state index contributed by atoms with van der Waals surface area (Å²) in [6.07, 6.45) is 4.31. The van der Waals surface area contributed by atoms with Gasteiger partial charge in [-0.25, -0.2) is 4.99 Å². The molecule has 1 unspecified atom stereocenters. The number of hydrogen-bond acceptors (Lipinski definition) is 4. The Hall–Kier alpha value is -10.1. The van der Waals surface area contributed by atoms with Crippen molar-refractivity contribution in [2.45, 2.75) is 11.5 Å². The Morgan fingerprint density at radius 2 is 0.949 bits per heavy atom. The van der Waals surface area contributed by atoms with Crippen molar-refractivity contribution >= 4 is 50.5 Å². The highest BCUT2D eigenvalue weighted by Crippen LogP contribution is 2.57. The molecule has 5 nitrogen and oxygen atoms in total. The fourth-order valence-corrected chi connectivity index (χ4v) is 12.0. The molecule has 0 N–H and O–H groups in total. The summed E-state index contributed by atoms with van der Waals surface area (Å²) in [7, 11) is 1.70. The van der Waals surface area contributed by atoms with Crippen molar-refractivity contribution < 1.29 is 4.74 Å². The summed E-state index contributed by atoms with van der Waals surface area (Å²) in [6, 6.07) is 100. The number of para-hydroxylation sites is 1. The molecule has 0 radical (unpaired) electrons. The lowest BCUT2D eigenvalue weighted by molar-refractivity contribution is 0.415. The maximum absolute atomic E-state index is 5.48. The number of rotatable bonds is 10. The van der Waals surface area contributed by atoms with Crippen LogP contribution in [0.1, 0.15) is 39.4 Å². The van der Waals surface area contributed by atoms with Crippen molar-refractivity contribution in [3.8, 4) is 39.1 Å². The maximum atomic E-state index is 5.48. The van der Waals surface area contributed by atoms with E-state index in [1.165, 1.54) is 33.4 Å². The first-order valence-electron chi connectivity index (χ1n) is 26.6. The van der Waals surface area contributed by atoms with Gasteiger partial charge < -0.3 is 9.64 Å². The average Bonchev–Trinajstić information content (AvgIpc) is 4.15. The smallest absolute Gasteiger partial charge is 0.157 e. The van der Waals surface area contributed by atoms with Crippen LogP contribution in [0, 0.1) is 0 Å². The van der Waals surface area contributed by atoms with E-state index in [0.717, 1.165) is 83.8 Å². The van der Waals surface area contributed by atoms with Gasteiger partial charge in [-0.15, -0.1) is 0 Å². The van der Waals surface area contributed by atoms with Crippen LogP contribution in [-0.4, -0.2) is 23.3 Å². The van der Waals surface area contributed by atoms with E-state index in [0.29, 0.717) is 5.84 Å². The number of aliphatic imine (C=N–C) groups is 2. The molecule has 0 saturated heterocycles. The van der Waals surface area contributed by atoms with Crippen molar-refractivity contribution in [3.05, 3.63) is 325 Å². The van der Waals surface area contributed by atoms with Crippen molar-refractivity contribution in [1.82, 2.24) is 4.57 Å². The average molecular weight is 1000 g/mol. The monoisotopic (exact) mass is 1000 g/mol. The second-order valence-electron chi connectivity index (χ2n) is 20.0. The lowest BCUT2D eigenvalue weighted by Gasteiger charge is -2.34. The summed E-state index contributed by atoms with van der Waals surface area (Å²) < 4.78 is 7.77. The van der Waals surface area contributed by atoms with Crippen molar-refractivity contribution in [2.75, 3.05) is 12.0 Å². The Morgan fingerprint density at radius 1 is 0.423 bits per heavy atom. The highest BCUT2D eigenvalue weighted by Gasteiger charge is 2.46. The molecular formula is C73H52N4O. The Kier molecular flexibility index (Phi) is 11.6. The molecule has 12 aromatic rings. The molecule has 0 amide bonds. The standard InChI is InChI=1S/C73H52N4O/c1-78-61-42-34-51(35-43-61)50-30-37-58(38-31-50)76(60-41-44-67-64(49-60)62-26-14-16-28-66(62)73(67,56-22-10-4-11-23-56)57-24-12-5-13-25-57)59-39-32-52(33-40-59)55-36-46-70-65(48-55)63-27-15-17-29-69(63)77(70)71-47-45-68(53-18-6-2-7-19-53)74-72(75-71)54-20-8-3-9-21-54/h2-49,68H,1H3. The summed E-state index contributed by atoms with van der Waals surface area (Å²) in [4.78, 5) is 13.0.